The third-order valence-electron chi connectivity index (χ3n) is 3.45. The molecule has 2 atom stereocenters. The van der Waals surface area contributed by atoms with Crippen molar-refractivity contribution >= 4 is 7.92 Å². The van der Waals surface area contributed by atoms with Crippen molar-refractivity contribution in [3.63, 3.8) is 0 Å². The van der Waals surface area contributed by atoms with Crippen LogP contribution < -0.4 is 0 Å². The van der Waals surface area contributed by atoms with Gasteiger partial charge in [-0.2, -0.15) is 0 Å². The van der Waals surface area contributed by atoms with Gasteiger partial charge < -0.3 is 0 Å². The number of hydrogen-bond donors (Lipinski definition) is 0. The van der Waals surface area contributed by atoms with Crippen molar-refractivity contribution in [2.75, 3.05) is 0 Å². The van der Waals surface area contributed by atoms with E-state index in [4.69, 9.17) is 0 Å². The fourth-order valence-corrected chi connectivity index (χ4v) is 6.95. The fourth-order valence-electron chi connectivity index (χ4n) is 2.96. The molecule has 1 aliphatic heterocycles. The highest BCUT2D eigenvalue weighted by Gasteiger charge is 2.40. The van der Waals surface area contributed by atoms with Crippen molar-refractivity contribution in [1.29, 1.82) is 0 Å². The Labute approximate surface area is 71.5 Å². The van der Waals surface area contributed by atoms with Crippen LogP contribution in [-0.2, 0) is 0 Å². The molecule has 64 valence electrons. The van der Waals surface area contributed by atoms with Crippen LogP contribution in [0, 0.1) is 0 Å². The SMILES string of the molecule is C[C@@H]1C[C@@H](C)P1C1CCCC1. The summed E-state index contributed by atoms with van der Waals surface area (Å²) in [6.07, 6.45) is 7.73. The van der Waals surface area contributed by atoms with Crippen LogP contribution in [0.1, 0.15) is 46.0 Å². The standard InChI is InChI=1S/C10H19P/c1-8-7-9(2)11(8)10-5-3-4-6-10/h8-10H,3-7H2,1-2H3/t8-,9-/m1/s1. The average Bonchev–Trinajstić information content (AvgIpc) is 2.39. The van der Waals surface area contributed by atoms with Gasteiger partial charge in [0.2, 0.25) is 0 Å². The van der Waals surface area contributed by atoms with Gasteiger partial charge >= 0.3 is 0 Å². The summed E-state index contributed by atoms with van der Waals surface area (Å²) in [5, 5.41) is 0. The predicted octanol–water partition coefficient (Wildman–Crippen LogP) is 3.59. The van der Waals surface area contributed by atoms with Crippen molar-refractivity contribution in [2.45, 2.75) is 62.9 Å². The first-order chi connectivity index (χ1) is 5.29. The zero-order valence-electron chi connectivity index (χ0n) is 7.71. The van der Waals surface area contributed by atoms with Gasteiger partial charge in [0.15, 0.2) is 0 Å². The summed E-state index contributed by atoms with van der Waals surface area (Å²) in [5.41, 5.74) is 3.41. The lowest BCUT2D eigenvalue weighted by molar-refractivity contribution is 0.676. The molecule has 2 fully saturated rings. The Kier molecular flexibility index (Phi) is 2.23. The maximum absolute atomic E-state index is 2.48. The molecule has 2 rings (SSSR count). The Hall–Kier alpha value is 0.430. The summed E-state index contributed by atoms with van der Waals surface area (Å²) in [7, 11) is 0.479. The summed E-state index contributed by atoms with van der Waals surface area (Å²) in [6.45, 7) is 4.95. The summed E-state index contributed by atoms with van der Waals surface area (Å²) in [4.78, 5) is 0. The van der Waals surface area contributed by atoms with E-state index in [1.54, 1.807) is 12.8 Å². The molecule has 0 bridgehead atoms. The molecule has 0 nitrogen and oxygen atoms in total. The zero-order chi connectivity index (χ0) is 7.84. The van der Waals surface area contributed by atoms with Crippen molar-refractivity contribution in [1.82, 2.24) is 0 Å². The maximum Gasteiger partial charge on any atom is -0.0204 e. The smallest absolute Gasteiger partial charge is 0.0204 e. The largest absolute Gasteiger partial charge is 0.0977 e. The highest BCUT2D eigenvalue weighted by Crippen LogP contribution is 2.65. The minimum atomic E-state index is 0.479. The molecular weight excluding hydrogens is 151 g/mol. The Bertz CT molecular complexity index is 130. The van der Waals surface area contributed by atoms with E-state index >= 15 is 0 Å². The third kappa shape index (κ3) is 1.35. The molecule has 0 aromatic carbocycles. The van der Waals surface area contributed by atoms with E-state index < -0.39 is 0 Å². The summed E-state index contributed by atoms with van der Waals surface area (Å²) in [6, 6.07) is 0. The molecule has 2 aliphatic rings. The molecule has 0 amide bonds. The van der Waals surface area contributed by atoms with E-state index in [0.29, 0.717) is 7.92 Å². The van der Waals surface area contributed by atoms with E-state index in [2.05, 4.69) is 13.8 Å². The van der Waals surface area contributed by atoms with Gasteiger partial charge in [0.05, 0.1) is 0 Å². The second kappa shape index (κ2) is 3.05. The van der Waals surface area contributed by atoms with Gasteiger partial charge in [-0.1, -0.05) is 34.6 Å². The number of rotatable bonds is 1. The van der Waals surface area contributed by atoms with Crippen LogP contribution in [0.15, 0.2) is 0 Å². The third-order valence-corrected chi connectivity index (χ3v) is 7.26. The summed E-state index contributed by atoms with van der Waals surface area (Å²) in [5.74, 6) is 0. The lowest BCUT2D eigenvalue weighted by Crippen LogP contribution is -2.30. The molecule has 0 N–H and O–H groups in total. The molecule has 0 aromatic rings. The van der Waals surface area contributed by atoms with Crippen molar-refractivity contribution in [2.24, 2.45) is 0 Å². The Morgan fingerprint density at radius 3 is 2.00 bits per heavy atom. The minimum Gasteiger partial charge on any atom is -0.0977 e. The van der Waals surface area contributed by atoms with E-state index in [0.717, 1.165) is 11.3 Å². The average molecular weight is 170 g/mol. The molecule has 1 aliphatic carbocycles. The molecule has 0 spiro atoms. The van der Waals surface area contributed by atoms with Crippen molar-refractivity contribution < 1.29 is 0 Å². The quantitative estimate of drug-likeness (QED) is 0.527. The molecule has 1 heteroatoms. The molecule has 0 unspecified atom stereocenters. The molecule has 1 heterocycles. The highest BCUT2D eigenvalue weighted by atomic mass is 31.1. The summed E-state index contributed by atoms with van der Waals surface area (Å²) < 4.78 is 0. The molecule has 1 saturated carbocycles. The lowest BCUT2D eigenvalue weighted by atomic mass is 10.2. The van der Waals surface area contributed by atoms with Crippen LogP contribution in [0.3, 0.4) is 0 Å². The number of hydrogen-bond acceptors (Lipinski definition) is 0. The van der Waals surface area contributed by atoms with Crippen molar-refractivity contribution in [3.05, 3.63) is 0 Å². The van der Waals surface area contributed by atoms with Gasteiger partial charge in [0, 0.05) is 0 Å². The Morgan fingerprint density at radius 1 is 1.00 bits per heavy atom. The molecule has 0 aromatic heterocycles. The molecule has 1 saturated heterocycles. The molecular formula is C10H19P. The Morgan fingerprint density at radius 2 is 1.55 bits per heavy atom. The predicted molar refractivity (Wildman–Crippen MR) is 52.7 cm³/mol. The first-order valence-electron chi connectivity index (χ1n) is 5.06. The minimum absolute atomic E-state index is 0.479. The zero-order valence-corrected chi connectivity index (χ0v) is 8.61. The van der Waals surface area contributed by atoms with Gasteiger partial charge in [0.1, 0.15) is 0 Å². The second-order valence-corrected chi connectivity index (χ2v) is 7.71. The van der Waals surface area contributed by atoms with Crippen LogP contribution in [-0.4, -0.2) is 17.0 Å². The van der Waals surface area contributed by atoms with Gasteiger partial charge in [-0.25, -0.2) is 0 Å². The van der Waals surface area contributed by atoms with Gasteiger partial charge in [-0.15, -0.1) is 0 Å². The molecule has 11 heavy (non-hydrogen) atoms. The van der Waals surface area contributed by atoms with Gasteiger partial charge in [-0.05, 0) is 36.2 Å². The first kappa shape index (κ1) is 8.05. The fraction of sp³-hybridized carbons (Fsp3) is 1.00. The van der Waals surface area contributed by atoms with Crippen LogP contribution in [0.25, 0.3) is 0 Å². The normalized spacial score (nSPS) is 40.9. The van der Waals surface area contributed by atoms with Crippen LogP contribution >= 0.6 is 7.92 Å². The molecule has 0 radical (unpaired) electrons. The maximum atomic E-state index is 2.48. The van der Waals surface area contributed by atoms with E-state index in [1.165, 1.54) is 24.9 Å². The highest BCUT2D eigenvalue weighted by molar-refractivity contribution is 7.61. The topological polar surface area (TPSA) is 0 Å². The van der Waals surface area contributed by atoms with Crippen molar-refractivity contribution in [3.8, 4) is 0 Å². The van der Waals surface area contributed by atoms with Crippen LogP contribution in [0.2, 0.25) is 0 Å². The lowest BCUT2D eigenvalue weighted by Gasteiger charge is -2.45. The summed E-state index contributed by atoms with van der Waals surface area (Å²) >= 11 is 0. The first-order valence-corrected chi connectivity index (χ1v) is 6.61. The van der Waals surface area contributed by atoms with E-state index in [-0.39, 0.29) is 0 Å². The van der Waals surface area contributed by atoms with Crippen LogP contribution in [0.5, 0.6) is 0 Å². The monoisotopic (exact) mass is 170 g/mol. The van der Waals surface area contributed by atoms with E-state index in [1.807, 2.05) is 0 Å². The second-order valence-electron chi connectivity index (χ2n) is 4.32. The van der Waals surface area contributed by atoms with E-state index in [9.17, 15) is 0 Å². The van der Waals surface area contributed by atoms with Gasteiger partial charge in [0.25, 0.3) is 0 Å². The van der Waals surface area contributed by atoms with Gasteiger partial charge in [-0.3, -0.25) is 0 Å². The Balaban J connectivity index is 1.92. The van der Waals surface area contributed by atoms with Crippen LogP contribution in [0.4, 0.5) is 0 Å².